The van der Waals surface area contributed by atoms with E-state index in [1.54, 1.807) is 30.3 Å². The molecule has 0 saturated carbocycles. The van der Waals surface area contributed by atoms with Crippen LogP contribution in [0.1, 0.15) is 11.1 Å². The van der Waals surface area contributed by atoms with Gasteiger partial charge in [0, 0.05) is 6.20 Å². The summed E-state index contributed by atoms with van der Waals surface area (Å²) in [6.07, 6.45) is -3.09. The van der Waals surface area contributed by atoms with Crippen LogP contribution in [0.5, 0.6) is 0 Å². The molecule has 3 rings (SSSR count). The molecule has 0 amide bonds. The van der Waals surface area contributed by atoms with Crippen molar-refractivity contribution in [2.24, 2.45) is 0 Å². The number of hydrogen-bond donors (Lipinski definition) is 2. The molecule has 0 spiro atoms. The van der Waals surface area contributed by atoms with Crippen molar-refractivity contribution in [2.45, 2.75) is 6.18 Å². The number of halogens is 3. The fraction of sp³-hybridized carbons (Fsp3) is 0.0556. The Morgan fingerprint density at radius 1 is 0.885 bits per heavy atom. The zero-order valence-corrected chi connectivity index (χ0v) is 13.2. The molecule has 130 valence electrons. The van der Waals surface area contributed by atoms with Gasteiger partial charge in [0.15, 0.2) is 0 Å². The predicted octanol–water partition coefficient (Wildman–Crippen LogP) is 4.85. The van der Waals surface area contributed by atoms with Crippen LogP contribution in [0.15, 0.2) is 60.8 Å². The second-order valence-corrected chi connectivity index (χ2v) is 5.22. The van der Waals surface area contributed by atoms with Gasteiger partial charge < -0.3 is 10.6 Å². The maximum atomic E-state index is 13.1. The number of alkyl halides is 3. The highest BCUT2D eigenvalue weighted by Gasteiger charge is 2.33. The number of nitrogens with zero attached hydrogens (tertiary/aromatic N) is 3. The van der Waals surface area contributed by atoms with Gasteiger partial charge in [-0.3, -0.25) is 0 Å². The summed E-state index contributed by atoms with van der Waals surface area (Å²) in [7, 11) is 0. The third kappa shape index (κ3) is 3.89. The molecule has 0 aliphatic heterocycles. The average Bonchev–Trinajstić information content (AvgIpc) is 2.62. The minimum atomic E-state index is -4.49. The predicted molar refractivity (Wildman–Crippen MR) is 91.2 cm³/mol. The molecule has 0 saturated heterocycles. The van der Waals surface area contributed by atoms with Crippen LogP contribution < -0.4 is 10.6 Å². The van der Waals surface area contributed by atoms with Gasteiger partial charge in [0.25, 0.3) is 0 Å². The molecule has 0 aliphatic carbocycles. The molecule has 0 unspecified atom stereocenters. The van der Waals surface area contributed by atoms with E-state index in [-0.39, 0.29) is 11.6 Å². The van der Waals surface area contributed by atoms with Crippen molar-refractivity contribution >= 4 is 23.1 Å². The van der Waals surface area contributed by atoms with Gasteiger partial charge >= 0.3 is 6.18 Å². The average molecular weight is 355 g/mol. The monoisotopic (exact) mass is 355 g/mol. The first-order chi connectivity index (χ1) is 12.5. The largest absolute Gasteiger partial charge is 0.418 e. The van der Waals surface area contributed by atoms with E-state index >= 15 is 0 Å². The van der Waals surface area contributed by atoms with Crippen molar-refractivity contribution in [3.63, 3.8) is 0 Å². The summed E-state index contributed by atoms with van der Waals surface area (Å²) in [5.41, 5.74) is 0.00439. The van der Waals surface area contributed by atoms with E-state index in [9.17, 15) is 13.2 Å². The summed E-state index contributed by atoms with van der Waals surface area (Å²) in [5.74, 6) is 0.343. The summed E-state index contributed by atoms with van der Waals surface area (Å²) in [6, 6.07) is 15.5. The Balaban J connectivity index is 1.86. The summed E-state index contributed by atoms with van der Waals surface area (Å²) in [6.45, 7) is 0. The second-order valence-electron chi connectivity index (χ2n) is 5.22. The Morgan fingerprint density at radius 3 is 2.31 bits per heavy atom. The van der Waals surface area contributed by atoms with E-state index in [0.29, 0.717) is 17.1 Å². The van der Waals surface area contributed by atoms with Gasteiger partial charge in [-0.25, -0.2) is 4.98 Å². The van der Waals surface area contributed by atoms with Crippen molar-refractivity contribution in [1.82, 2.24) is 9.97 Å². The van der Waals surface area contributed by atoms with Gasteiger partial charge in [0.2, 0.25) is 5.95 Å². The minimum Gasteiger partial charge on any atom is -0.339 e. The maximum absolute atomic E-state index is 13.1. The minimum absolute atomic E-state index is 0.00105. The van der Waals surface area contributed by atoms with Crippen LogP contribution in [0.4, 0.5) is 36.3 Å². The summed E-state index contributed by atoms with van der Waals surface area (Å²) < 4.78 is 39.2. The highest BCUT2D eigenvalue weighted by molar-refractivity contribution is 5.66. The molecule has 8 heteroatoms. The van der Waals surface area contributed by atoms with Crippen LogP contribution in [0.25, 0.3) is 0 Å². The van der Waals surface area contributed by atoms with Gasteiger partial charge in [0.05, 0.1) is 22.5 Å². The first-order valence-corrected chi connectivity index (χ1v) is 7.50. The van der Waals surface area contributed by atoms with E-state index in [1.807, 2.05) is 6.07 Å². The topological polar surface area (TPSA) is 73.6 Å². The SMILES string of the molecule is N#Cc1ccccc1Nc1ccnc(Nc2ccccc2C(F)(F)F)n1. The van der Waals surface area contributed by atoms with Crippen molar-refractivity contribution in [3.05, 3.63) is 71.9 Å². The zero-order valence-electron chi connectivity index (χ0n) is 13.2. The Morgan fingerprint density at radius 2 is 1.58 bits per heavy atom. The third-order valence-corrected chi connectivity index (χ3v) is 3.44. The first-order valence-electron chi connectivity index (χ1n) is 7.50. The molecule has 26 heavy (non-hydrogen) atoms. The molecule has 1 aromatic heterocycles. The molecule has 0 fully saturated rings. The van der Waals surface area contributed by atoms with Crippen LogP contribution in [0.3, 0.4) is 0 Å². The van der Waals surface area contributed by atoms with Gasteiger partial charge in [-0.1, -0.05) is 24.3 Å². The van der Waals surface area contributed by atoms with Crippen LogP contribution in [0, 0.1) is 11.3 Å². The number of benzene rings is 2. The normalized spacial score (nSPS) is 10.8. The zero-order chi connectivity index (χ0) is 18.6. The number of nitriles is 1. The Hall–Kier alpha value is -3.60. The molecule has 3 aromatic rings. The molecular weight excluding hydrogens is 343 g/mol. The van der Waals surface area contributed by atoms with Crippen LogP contribution >= 0.6 is 0 Å². The second kappa shape index (κ2) is 7.11. The van der Waals surface area contributed by atoms with E-state index in [2.05, 4.69) is 20.6 Å². The maximum Gasteiger partial charge on any atom is 0.418 e. The molecule has 0 radical (unpaired) electrons. The van der Waals surface area contributed by atoms with Gasteiger partial charge in [0.1, 0.15) is 11.9 Å². The van der Waals surface area contributed by atoms with E-state index in [4.69, 9.17) is 5.26 Å². The molecule has 0 atom stereocenters. The summed E-state index contributed by atoms with van der Waals surface area (Å²) in [5, 5.41) is 14.7. The van der Waals surface area contributed by atoms with Crippen molar-refractivity contribution in [1.29, 1.82) is 5.26 Å². The Kier molecular flexibility index (Phi) is 4.71. The lowest BCUT2D eigenvalue weighted by molar-refractivity contribution is -0.136. The molecule has 2 N–H and O–H groups in total. The first kappa shape index (κ1) is 17.2. The number of aromatic nitrogens is 2. The quantitative estimate of drug-likeness (QED) is 0.699. The molecule has 0 aliphatic rings. The van der Waals surface area contributed by atoms with E-state index in [0.717, 1.165) is 6.07 Å². The van der Waals surface area contributed by atoms with E-state index < -0.39 is 11.7 Å². The summed E-state index contributed by atoms with van der Waals surface area (Å²) in [4.78, 5) is 8.10. The van der Waals surface area contributed by atoms with Crippen molar-refractivity contribution in [2.75, 3.05) is 10.6 Å². The van der Waals surface area contributed by atoms with Crippen molar-refractivity contribution in [3.8, 4) is 6.07 Å². The van der Waals surface area contributed by atoms with Crippen LogP contribution in [0.2, 0.25) is 0 Å². The molecule has 0 bridgehead atoms. The Labute approximate surface area is 147 Å². The number of para-hydroxylation sites is 2. The Bertz CT molecular complexity index is 963. The number of anilines is 4. The highest BCUT2D eigenvalue weighted by Crippen LogP contribution is 2.35. The number of rotatable bonds is 4. The molecule has 2 aromatic carbocycles. The third-order valence-electron chi connectivity index (χ3n) is 3.44. The molecular formula is C18H12F3N5. The highest BCUT2D eigenvalue weighted by atomic mass is 19.4. The van der Waals surface area contributed by atoms with Crippen molar-refractivity contribution < 1.29 is 13.2 Å². The van der Waals surface area contributed by atoms with Crippen LogP contribution in [-0.2, 0) is 6.18 Å². The number of nitrogens with one attached hydrogen (secondary N) is 2. The van der Waals surface area contributed by atoms with Gasteiger partial charge in [-0.15, -0.1) is 0 Å². The molecule has 1 heterocycles. The van der Waals surface area contributed by atoms with E-state index in [1.165, 1.54) is 24.4 Å². The van der Waals surface area contributed by atoms with Gasteiger partial charge in [-0.05, 0) is 30.3 Å². The summed E-state index contributed by atoms with van der Waals surface area (Å²) >= 11 is 0. The lowest BCUT2D eigenvalue weighted by Gasteiger charge is -2.14. The molecule has 5 nitrogen and oxygen atoms in total. The van der Waals surface area contributed by atoms with Crippen LogP contribution in [-0.4, -0.2) is 9.97 Å². The smallest absolute Gasteiger partial charge is 0.339 e. The fourth-order valence-electron chi connectivity index (χ4n) is 2.28. The van der Waals surface area contributed by atoms with Gasteiger partial charge in [-0.2, -0.15) is 23.4 Å². The number of hydrogen-bond acceptors (Lipinski definition) is 5. The fourth-order valence-corrected chi connectivity index (χ4v) is 2.28. The standard InChI is InChI=1S/C18H12F3N5/c19-18(20,21)13-6-2-4-8-15(13)25-17-23-10-9-16(26-17)24-14-7-3-1-5-12(14)11-22/h1-10H,(H2,23,24,25,26). The lowest BCUT2D eigenvalue weighted by atomic mass is 10.1. The lowest BCUT2D eigenvalue weighted by Crippen LogP contribution is -2.09.